The van der Waals surface area contributed by atoms with Crippen LogP contribution in [0.1, 0.15) is 13.3 Å². The van der Waals surface area contributed by atoms with Crippen LogP contribution in [-0.4, -0.2) is 68.6 Å². The summed E-state index contributed by atoms with van der Waals surface area (Å²) in [4.78, 5) is 0. The standard InChI is InChI=1S/C10H21NO6S2.Na/c1-3-4-11(2)5-9(7-18(12,13)14)10(6-11)8-19(15,16)17;/h9-10H,3-8H2,1-2H3,(H-,12,13,14,15,16,17);/q;+1/p-1. The molecular weight excluding hydrogens is 317 g/mol. The SMILES string of the molecule is CCC[N+]1(C)CC(CS(=O)(=O)[O-])C(CS(=O)(=O)[O-])C1.[Na+]. The summed E-state index contributed by atoms with van der Waals surface area (Å²) in [5, 5.41) is 0. The number of rotatable bonds is 6. The van der Waals surface area contributed by atoms with E-state index in [0.717, 1.165) is 13.0 Å². The summed E-state index contributed by atoms with van der Waals surface area (Å²) in [6.07, 6.45) is 0.865. The average Bonchev–Trinajstić information content (AvgIpc) is 2.36. The fourth-order valence-corrected chi connectivity index (χ4v) is 4.93. The molecular formula is C10H20NNaO6S2. The van der Waals surface area contributed by atoms with Crippen LogP contribution in [0, 0.1) is 11.8 Å². The normalized spacial score (nSPS) is 31.0. The fourth-order valence-electron chi connectivity index (χ4n) is 3.13. The van der Waals surface area contributed by atoms with Crippen LogP contribution in [0.4, 0.5) is 0 Å². The van der Waals surface area contributed by atoms with Gasteiger partial charge in [0.1, 0.15) is 0 Å². The molecule has 114 valence electrons. The van der Waals surface area contributed by atoms with Crippen LogP contribution >= 0.6 is 0 Å². The maximum absolute atomic E-state index is 10.9. The second-order valence-corrected chi connectivity index (χ2v) is 8.57. The van der Waals surface area contributed by atoms with Gasteiger partial charge in [-0.2, -0.15) is 0 Å². The van der Waals surface area contributed by atoms with E-state index in [4.69, 9.17) is 0 Å². The second kappa shape index (κ2) is 7.36. The molecule has 0 spiro atoms. The molecule has 1 aliphatic rings. The Balaban J connectivity index is 0.00000361. The maximum Gasteiger partial charge on any atom is 1.00 e. The van der Waals surface area contributed by atoms with E-state index in [-0.39, 0.29) is 29.6 Å². The number of quaternary nitrogens is 1. The molecule has 1 saturated heterocycles. The summed E-state index contributed by atoms with van der Waals surface area (Å²) >= 11 is 0. The van der Waals surface area contributed by atoms with Crippen molar-refractivity contribution < 1.29 is 60.0 Å². The van der Waals surface area contributed by atoms with Crippen LogP contribution in [0.2, 0.25) is 0 Å². The van der Waals surface area contributed by atoms with Crippen molar-refractivity contribution in [3.8, 4) is 0 Å². The Hall–Kier alpha value is 0.780. The number of hydrogen-bond donors (Lipinski definition) is 0. The predicted octanol–water partition coefficient (Wildman–Crippen LogP) is -3.82. The molecule has 1 fully saturated rings. The molecule has 2 atom stereocenters. The number of likely N-dealkylation sites (tertiary alicyclic amines) is 1. The van der Waals surface area contributed by atoms with E-state index in [0.29, 0.717) is 17.6 Å². The zero-order valence-corrected chi connectivity index (χ0v) is 15.7. The van der Waals surface area contributed by atoms with E-state index < -0.39 is 43.6 Å². The van der Waals surface area contributed by atoms with Crippen molar-refractivity contribution in [3.63, 3.8) is 0 Å². The van der Waals surface area contributed by atoms with Crippen molar-refractivity contribution in [3.05, 3.63) is 0 Å². The van der Waals surface area contributed by atoms with Crippen molar-refractivity contribution in [2.75, 3.05) is 38.2 Å². The van der Waals surface area contributed by atoms with E-state index in [1.807, 2.05) is 14.0 Å². The zero-order valence-electron chi connectivity index (χ0n) is 12.1. The van der Waals surface area contributed by atoms with Gasteiger partial charge in [-0.25, -0.2) is 16.8 Å². The largest absolute Gasteiger partial charge is 1.00 e. The molecule has 1 heterocycles. The third-order valence-corrected chi connectivity index (χ3v) is 5.29. The Labute approximate surface area is 143 Å². The molecule has 1 rings (SSSR count). The molecule has 7 nitrogen and oxygen atoms in total. The van der Waals surface area contributed by atoms with Crippen LogP contribution in [0.3, 0.4) is 0 Å². The first-order valence-corrected chi connectivity index (χ1v) is 9.30. The summed E-state index contributed by atoms with van der Waals surface area (Å²) in [6, 6.07) is 0. The Morgan fingerprint density at radius 1 is 1.00 bits per heavy atom. The molecule has 0 radical (unpaired) electrons. The summed E-state index contributed by atoms with van der Waals surface area (Å²) in [6.45, 7) is 3.59. The van der Waals surface area contributed by atoms with Gasteiger partial charge in [-0.05, 0) is 6.42 Å². The van der Waals surface area contributed by atoms with Gasteiger partial charge in [-0.1, -0.05) is 6.92 Å². The minimum atomic E-state index is -4.42. The van der Waals surface area contributed by atoms with Gasteiger partial charge in [-0.15, -0.1) is 0 Å². The van der Waals surface area contributed by atoms with E-state index in [1.54, 1.807) is 0 Å². The third-order valence-electron chi connectivity index (χ3n) is 3.62. The molecule has 0 saturated carbocycles. The van der Waals surface area contributed by atoms with Gasteiger partial charge < -0.3 is 13.6 Å². The minimum Gasteiger partial charge on any atom is -0.748 e. The molecule has 1 aliphatic heterocycles. The summed E-state index contributed by atoms with van der Waals surface area (Å²) in [7, 11) is -6.94. The zero-order chi connectivity index (χ0) is 14.9. The van der Waals surface area contributed by atoms with E-state index in [2.05, 4.69) is 0 Å². The van der Waals surface area contributed by atoms with Crippen LogP contribution in [0.5, 0.6) is 0 Å². The van der Waals surface area contributed by atoms with Gasteiger partial charge in [0.15, 0.2) is 0 Å². The molecule has 0 bridgehead atoms. The van der Waals surface area contributed by atoms with Gasteiger partial charge in [0.05, 0.1) is 46.9 Å². The van der Waals surface area contributed by atoms with Crippen molar-refractivity contribution in [1.29, 1.82) is 0 Å². The Bertz CT molecular complexity index is 476. The fraction of sp³-hybridized carbons (Fsp3) is 1.00. The molecule has 0 amide bonds. The van der Waals surface area contributed by atoms with Crippen LogP contribution in [-0.2, 0) is 20.2 Å². The Morgan fingerprint density at radius 3 is 1.60 bits per heavy atom. The van der Waals surface area contributed by atoms with Gasteiger partial charge in [0.2, 0.25) is 0 Å². The number of hydrogen-bond acceptors (Lipinski definition) is 6. The first-order valence-electron chi connectivity index (χ1n) is 6.15. The Kier molecular flexibility index (Phi) is 7.65. The molecule has 2 unspecified atom stereocenters. The topological polar surface area (TPSA) is 114 Å². The molecule has 20 heavy (non-hydrogen) atoms. The van der Waals surface area contributed by atoms with E-state index >= 15 is 0 Å². The van der Waals surface area contributed by atoms with Crippen LogP contribution < -0.4 is 29.6 Å². The van der Waals surface area contributed by atoms with Crippen LogP contribution in [0.25, 0.3) is 0 Å². The minimum absolute atomic E-state index is 0. The quantitative estimate of drug-likeness (QED) is 0.279. The summed E-state index contributed by atoms with van der Waals surface area (Å²) in [5.74, 6) is -2.29. The van der Waals surface area contributed by atoms with Crippen LogP contribution in [0.15, 0.2) is 0 Å². The van der Waals surface area contributed by atoms with Gasteiger partial charge in [0, 0.05) is 23.3 Å². The van der Waals surface area contributed by atoms with Crippen molar-refractivity contribution >= 4 is 20.2 Å². The molecule has 10 heteroatoms. The van der Waals surface area contributed by atoms with Gasteiger partial charge in [0.25, 0.3) is 0 Å². The molecule has 0 N–H and O–H groups in total. The van der Waals surface area contributed by atoms with E-state index in [1.165, 1.54) is 0 Å². The first kappa shape index (κ1) is 20.8. The van der Waals surface area contributed by atoms with E-state index in [9.17, 15) is 25.9 Å². The van der Waals surface area contributed by atoms with Crippen molar-refractivity contribution in [1.82, 2.24) is 0 Å². The molecule has 0 aromatic rings. The van der Waals surface area contributed by atoms with Gasteiger partial charge in [-0.3, -0.25) is 0 Å². The number of nitrogens with zero attached hydrogens (tertiary/aromatic N) is 1. The smallest absolute Gasteiger partial charge is 0.748 e. The monoisotopic (exact) mass is 337 g/mol. The van der Waals surface area contributed by atoms with Crippen molar-refractivity contribution in [2.24, 2.45) is 11.8 Å². The first-order chi connectivity index (χ1) is 8.44. The maximum atomic E-state index is 10.9. The predicted molar refractivity (Wildman–Crippen MR) is 67.2 cm³/mol. The Morgan fingerprint density at radius 2 is 1.35 bits per heavy atom. The summed E-state index contributed by atoms with van der Waals surface area (Å²) in [5.41, 5.74) is 0. The van der Waals surface area contributed by atoms with Crippen molar-refractivity contribution in [2.45, 2.75) is 13.3 Å². The third kappa shape index (κ3) is 7.17. The molecule has 0 aliphatic carbocycles. The van der Waals surface area contributed by atoms with Gasteiger partial charge >= 0.3 is 29.6 Å². The summed E-state index contributed by atoms with van der Waals surface area (Å²) < 4.78 is 65.8. The molecule has 0 aromatic heterocycles. The average molecular weight is 337 g/mol. The second-order valence-electron chi connectivity index (χ2n) is 5.68. The molecule has 0 aromatic carbocycles.